The summed E-state index contributed by atoms with van der Waals surface area (Å²) in [6.07, 6.45) is 5.09. The van der Waals surface area contributed by atoms with Gasteiger partial charge in [0.05, 0.1) is 13.2 Å². The van der Waals surface area contributed by atoms with Gasteiger partial charge in [0.2, 0.25) is 0 Å². The van der Waals surface area contributed by atoms with E-state index in [1.165, 1.54) is 5.56 Å². The van der Waals surface area contributed by atoms with Gasteiger partial charge in [-0.05, 0) is 61.6 Å². The number of ether oxygens (including phenoxy) is 1. The number of phenols is 1. The molecule has 1 fully saturated rings. The van der Waals surface area contributed by atoms with E-state index in [-0.39, 0.29) is 11.9 Å². The standard InChI is InChI=1S/C16H24O3/c1-3-14(17)12-6-4-11(5-7-12)13-8-9-15(18)16(10-13)19-2/h8-12,14,17-18H,3-7H2,1-2H3. The van der Waals surface area contributed by atoms with Crippen LogP contribution >= 0.6 is 0 Å². The van der Waals surface area contributed by atoms with Crippen molar-refractivity contribution >= 4 is 0 Å². The van der Waals surface area contributed by atoms with Crippen LogP contribution in [0, 0.1) is 5.92 Å². The molecule has 1 aliphatic carbocycles. The average Bonchev–Trinajstić information content (AvgIpc) is 2.47. The van der Waals surface area contributed by atoms with Gasteiger partial charge in [-0.15, -0.1) is 0 Å². The Labute approximate surface area is 115 Å². The summed E-state index contributed by atoms with van der Waals surface area (Å²) in [5.74, 6) is 1.73. The number of benzene rings is 1. The third-order valence-corrected chi connectivity index (χ3v) is 4.41. The van der Waals surface area contributed by atoms with Crippen LogP contribution in [0.2, 0.25) is 0 Å². The van der Waals surface area contributed by atoms with Gasteiger partial charge in [0.25, 0.3) is 0 Å². The quantitative estimate of drug-likeness (QED) is 0.875. The first kappa shape index (κ1) is 14.2. The Hall–Kier alpha value is -1.22. The SMILES string of the molecule is CCC(O)C1CCC(c2ccc(O)c(OC)c2)CC1. The summed E-state index contributed by atoms with van der Waals surface area (Å²) in [5, 5.41) is 19.5. The first-order valence-electron chi connectivity index (χ1n) is 7.20. The number of aliphatic hydroxyl groups excluding tert-OH is 1. The van der Waals surface area contributed by atoms with Crippen LogP contribution in [-0.4, -0.2) is 23.4 Å². The predicted molar refractivity (Wildman–Crippen MR) is 75.7 cm³/mol. The largest absolute Gasteiger partial charge is 0.504 e. The Morgan fingerprint density at radius 1 is 1.26 bits per heavy atom. The van der Waals surface area contributed by atoms with E-state index in [1.54, 1.807) is 13.2 Å². The van der Waals surface area contributed by atoms with E-state index in [0.717, 1.165) is 32.1 Å². The topological polar surface area (TPSA) is 49.7 Å². The molecule has 0 aromatic heterocycles. The zero-order valence-corrected chi connectivity index (χ0v) is 11.8. The molecule has 0 aliphatic heterocycles. The normalized spacial score (nSPS) is 25.0. The fourth-order valence-corrected chi connectivity index (χ4v) is 3.12. The van der Waals surface area contributed by atoms with Crippen LogP contribution in [0.3, 0.4) is 0 Å². The van der Waals surface area contributed by atoms with Gasteiger partial charge in [-0.25, -0.2) is 0 Å². The lowest BCUT2D eigenvalue weighted by atomic mass is 9.76. The molecule has 19 heavy (non-hydrogen) atoms. The van der Waals surface area contributed by atoms with Crippen LogP contribution in [-0.2, 0) is 0 Å². The lowest BCUT2D eigenvalue weighted by molar-refractivity contribution is 0.0778. The lowest BCUT2D eigenvalue weighted by Gasteiger charge is -2.31. The number of hydrogen-bond acceptors (Lipinski definition) is 3. The molecule has 0 saturated heterocycles. The van der Waals surface area contributed by atoms with Gasteiger partial charge in [-0.2, -0.15) is 0 Å². The highest BCUT2D eigenvalue weighted by atomic mass is 16.5. The molecule has 1 atom stereocenters. The minimum absolute atomic E-state index is 0.143. The van der Waals surface area contributed by atoms with Gasteiger partial charge in [0.15, 0.2) is 11.5 Å². The minimum atomic E-state index is -0.143. The van der Waals surface area contributed by atoms with Crippen LogP contribution in [0.4, 0.5) is 0 Å². The van der Waals surface area contributed by atoms with Crippen molar-refractivity contribution in [1.82, 2.24) is 0 Å². The molecule has 3 nitrogen and oxygen atoms in total. The molecule has 1 saturated carbocycles. The highest BCUT2D eigenvalue weighted by molar-refractivity contribution is 5.42. The Morgan fingerprint density at radius 2 is 1.95 bits per heavy atom. The van der Waals surface area contributed by atoms with Crippen molar-refractivity contribution in [3.8, 4) is 11.5 Å². The third kappa shape index (κ3) is 3.21. The van der Waals surface area contributed by atoms with Crippen molar-refractivity contribution in [2.24, 2.45) is 5.92 Å². The first-order valence-corrected chi connectivity index (χ1v) is 7.20. The van der Waals surface area contributed by atoms with Gasteiger partial charge >= 0.3 is 0 Å². The summed E-state index contributed by atoms with van der Waals surface area (Å²) in [5.41, 5.74) is 1.24. The maximum absolute atomic E-state index is 9.91. The highest BCUT2D eigenvalue weighted by Gasteiger charge is 2.26. The second-order valence-corrected chi connectivity index (χ2v) is 5.52. The molecule has 1 aliphatic rings. The Balaban J connectivity index is 2.01. The van der Waals surface area contributed by atoms with E-state index in [0.29, 0.717) is 17.6 Å². The molecule has 2 N–H and O–H groups in total. The monoisotopic (exact) mass is 264 g/mol. The summed E-state index contributed by atoms with van der Waals surface area (Å²) < 4.78 is 5.16. The highest BCUT2D eigenvalue weighted by Crippen LogP contribution is 2.39. The molecule has 1 aromatic rings. The van der Waals surface area contributed by atoms with E-state index >= 15 is 0 Å². The fourth-order valence-electron chi connectivity index (χ4n) is 3.12. The second kappa shape index (κ2) is 6.29. The average molecular weight is 264 g/mol. The number of phenolic OH excluding ortho intramolecular Hbond substituents is 1. The van der Waals surface area contributed by atoms with E-state index in [2.05, 4.69) is 0 Å². The van der Waals surface area contributed by atoms with Gasteiger partial charge in [0.1, 0.15) is 0 Å². The van der Waals surface area contributed by atoms with Crippen LogP contribution in [0.1, 0.15) is 50.5 Å². The van der Waals surface area contributed by atoms with E-state index in [4.69, 9.17) is 4.74 Å². The molecule has 106 valence electrons. The Bertz CT molecular complexity index is 408. The zero-order chi connectivity index (χ0) is 13.8. The summed E-state index contributed by atoms with van der Waals surface area (Å²) in [6, 6.07) is 5.64. The Kier molecular flexibility index (Phi) is 4.70. The van der Waals surface area contributed by atoms with Gasteiger partial charge < -0.3 is 14.9 Å². The van der Waals surface area contributed by atoms with Crippen LogP contribution < -0.4 is 4.74 Å². The smallest absolute Gasteiger partial charge is 0.160 e. The van der Waals surface area contributed by atoms with Crippen molar-refractivity contribution in [3.05, 3.63) is 23.8 Å². The number of rotatable bonds is 4. The molecular formula is C16H24O3. The van der Waals surface area contributed by atoms with Crippen molar-refractivity contribution in [1.29, 1.82) is 0 Å². The maximum Gasteiger partial charge on any atom is 0.160 e. The molecule has 3 heteroatoms. The molecular weight excluding hydrogens is 240 g/mol. The molecule has 0 radical (unpaired) electrons. The third-order valence-electron chi connectivity index (χ3n) is 4.41. The predicted octanol–water partition coefficient (Wildman–Crippen LogP) is 3.45. The molecule has 0 amide bonds. The van der Waals surface area contributed by atoms with Gasteiger partial charge in [0, 0.05) is 0 Å². The lowest BCUT2D eigenvalue weighted by Crippen LogP contribution is -2.24. The fraction of sp³-hybridized carbons (Fsp3) is 0.625. The Morgan fingerprint density at radius 3 is 2.53 bits per heavy atom. The summed E-state index contributed by atoms with van der Waals surface area (Å²) >= 11 is 0. The van der Waals surface area contributed by atoms with Crippen LogP contribution in [0.15, 0.2) is 18.2 Å². The van der Waals surface area contributed by atoms with E-state index < -0.39 is 0 Å². The summed E-state index contributed by atoms with van der Waals surface area (Å²) in [4.78, 5) is 0. The molecule has 0 spiro atoms. The molecule has 1 unspecified atom stereocenters. The van der Waals surface area contributed by atoms with E-state index in [9.17, 15) is 10.2 Å². The molecule has 0 heterocycles. The van der Waals surface area contributed by atoms with Crippen LogP contribution in [0.25, 0.3) is 0 Å². The molecule has 2 rings (SSSR count). The second-order valence-electron chi connectivity index (χ2n) is 5.52. The number of aliphatic hydroxyl groups is 1. The van der Waals surface area contributed by atoms with Crippen molar-refractivity contribution in [3.63, 3.8) is 0 Å². The maximum atomic E-state index is 9.91. The van der Waals surface area contributed by atoms with E-state index in [1.807, 2.05) is 19.1 Å². The van der Waals surface area contributed by atoms with Crippen molar-refractivity contribution in [2.75, 3.05) is 7.11 Å². The van der Waals surface area contributed by atoms with Crippen molar-refractivity contribution < 1.29 is 14.9 Å². The molecule has 0 bridgehead atoms. The molecule has 1 aromatic carbocycles. The first-order chi connectivity index (χ1) is 9.15. The number of aromatic hydroxyl groups is 1. The van der Waals surface area contributed by atoms with Gasteiger partial charge in [-0.3, -0.25) is 0 Å². The van der Waals surface area contributed by atoms with Crippen molar-refractivity contribution in [2.45, 2.75) is 51.0 Å². The number of methoxy groups -OCH3 is 1. The summed E-state index contributed by atoms with van der Waals surface area (Å²) in [7, 11) is 1.58. The summed E-state index contributed by atoms with van der Waals surface area (Å²) in [6.45, 7) is 2.04. The van der Waals surface area contributed by atoms with Gasteiger partial charge in [-0.1, -0.05) is 13.0 Å². The van der Waals surface area contributed by atoms with Crippen LogP contribution in [0.5, 0.6) is 11.5 Å². The minimum Gasteiger partial charge on any atom is -0.504 e. The number of hydrogen-bond donors (Lipinski definition) is 2. The zero-order valence-electron chi connectivity index (χ0n) is 11.8.